The lowest BCUT2D eigenvalue weighted by Gasteiger charge is -2.26. The van der Waals surface area contributed by atoms with E-state index in [1.165, 1.54) is 48.5 Å². The van der Waals surface area contributed by atoms with Crippen molar-refractivity contribution in [1.82, 2.24) is 0 Å². The first-order valence-corrected chi connectivity index (χ1v) is 17.4. The van der Waals surface area contributed by atoms with E-state index >= 15 is 0 Å². The molecule has 0 aromatic heterocycles. The minimum atomic E-state index is -1.38. The maximum atomic E-state index is 12.0. The van der Waals surface area contributed by atoms with Gasteiger partial charge in [0.05, 0.1) is 62.4 Å². The Morgan fingerprint density at radius 3 is 0.596 bits per heavy atom. The van der Waals surface area contributed by atoms with Gasteiger partial charge in [-0.05, 0) is 118 Å². The molecule has 5 rings (SSSR count). The molecule has 0 saturated carbocycles. The summed E-state index contributed by atoms with van der Waals surface area (Å²) in [6, 6.07) is 11.0. The molecule has 0 radical (unpaired) electrons. The highest BCUT2D eigenvalue weighted by Gasteiger charge is 2.29. The van der Waals surface area contributed by atoms with E-state index in [-0.39, 0.29) is 62.4 Å². The first kappa shape index (κ1) is 39.5. The first-order chi connectivity index (χ1) is 24.3. The monoisotopic (exact) mass is 858 g/mol. The van der Waals surface area contributed by atoms with Crippen LogP contribution in [0.25, 0.3) is 44.5 Å². The van der Waals surface area contributed by atoms with Crippen molar-refractivity contribution in [2.45, 2.75) is 13.8 Å². The normalized spacial score (nSPS) is 11.1. The molecule has 0 fully saturated rings. The van der Waals surface area contributed by atoms with E-state index in [4.69, 9.17) is 92.8 Å². The largest absolute Gasteiger partial charge is 0.478 e. The van der Waals surface area contributed by atoms with Gasteiger partial charge in [0.25, 0.3) is 0 Å². The second kappa shape index (κ2) is 15.0. The number of carbonyl (C=O) groups is 4. The summed E-state index contributed by atoms with van der Waals surface area (Å²) in [5.41, 5.74) is 2.11. The topological polar surface area (TPSA) is 149 Å². The van der Waals surface area contributed by atoms with Crippen molar-refractivity contribution in [3.63, 3.8) is 0 Å². The first-order valence-electron chi connectivity index (χ1n) is 14.3. The van der Waals surface area contributed by atoms with Crippen molar-refractivity contribution in [3.8, 4) is 44.5 Å². The molecule has 5 aromatic carbocycles. The molecule has 0 aliphatic heterocycles. The lowest BCUT2D eigenvalue weighted by molar-refractivity contribution is 0.0686. The van der Waals surface area contributed by atoms with E-state index in [1.54, 1.807) is 13.8 Å². The summed E-state index contributed by atoms with van der Waals surface area (Å²) in [5, 5.41) is 37.4. The van der Waals surface area contributed by atoms with E-state index in [2.05, 4.69) is 0 Å². The summed E-state index contributed by atoms with van der Waals surface area (Å²) in [6.07, 6.45) is 0. The number of rotatable bonds is 8. The van der Waals surface area contributed by atoms with Crippen molar-refractivity contribution in [2.75, 3.05) is 0 Å². The zero-order valence-electron chi connectivity index (χ0n) is 26.1. The van der Waals surface area contributed by atoms with Crippen LogP contribution in [-0.2, 0) is 0 Å². The molecule has 0 unspecified atom stereocenters. The van der Waals surface area contributed by atoms with Gasteiger partial charge in [-0.15, -0.1) is 0 Å². The quantitative estimate of drug-likeness (QED) is 0.120. The molecule has 0 atom stereocenters. The van der Waals surface area contributed by atoms with Crippen LogP contribution in [0.4, 0.5) is 0 Å². The molecule has 0 saturated heterocycles. The van der Waals surface area contributed by atoms with Crippen LogP contribution in [0.1, 0.15) is 52.6 Å². The number of carboxylic acid groups (broad SMARTS) is 4. The average Bonchev–Trinajstić information content (AvgIpc) is 2.99. The van der Waals surface area contributed by atoms with Crippen molar-refractivity contribution in [1.29, 1.82) is 0 Å². The Kier molecular flexibility index (Phi) is 11.4. The highest BCUT2D eigenvalue weighted by Crippen LogP contribution is 2.52. The average molecular weight is 862 g/mol. The van der Waals surface area contributed by atoms with Gasteiger partial charge in [0.2, 0.25) is 0 Å². The molecule has 5 aromatic rings. The van der Waals surface area contributed by atoms with Gasteiger partial charge in [-0.1, -0.05) is 92.8 Å². The highest BCUT2D eigenvalue weighted by molar-refractivity contribution is 6.42. The Morgan fingerprint density at radius 1 is 0.346 bits per heavy atom. The fourth-order valence-electron chi connectivity index (χ4n) is 6.13. The molecule has 8 nitrogen and oxygen atoms in total. The predicted molar refractivity (Wildman–Crippen MR) is 206 cm³/mol. The maximum Gasteiger partial charge on any atom is 0.338 e. The zero-order chi connectivity index (χ0) is 38.7. The number of halogens is 8. The van der Waals surface area contributed by atoms with Crippen molar-refractivity contribution in [3.05, 3.63) is 122 Å². The third kappa shape index (κ3) is 7.02. The van der Waals surface area contributed by atoms with Gasteiger partial charge in [0.15, 0.2) is 0 Å². The molecule has 0 heterocycles. The highest BCUT2D eigenvalue weighted by atomic mass is 35.5. The summed E-state index contributed by atoms with van der Waals surface area (Å²) in [4.78, 5) is 48.0. The third-order valence-electron chi connectivity index (χ3n) is 8.18. The van der Waals surface area contributed by atoms with Gasteiger partial charge in [0, 0.05) is 0 Å². The number of hydrogen-bond acceptors (Lipinski definition) is 4. The standard InChI is InChI=1S/C36H18Cl8O8/c1-11-25(13-3-17(37)29(33(45)46)18(38)4-13)27(15-7-21(41)31(35(49)50)22(42)8-15)12(2)28(16-9-23(43)32(36(51)52)24(44)10-16)26(11)14-5-19(39)30(34(47)48)20(40)6-14/h3-10H,1-2H3,(H,45,46)(H,47,48)(H,49,50)(H,51,52). The summed E-state index contributed by atoms with van der Waals surface area (Å²) in [7, 11) is 0. The maximum absolute atomic E-state index is 12.0. The Bertz CT molecular complexity index is 2020. The number of benzene rings is 5. The Labute approximate surface area is 334 Å². The van der Waals surface area contributed by atoms with Crippen LogP contribution in [0.3, 0.4) is 0 Å². The Hall–Kier alpha value is -3.70. The fourth-order valence-corrected chi connectivity index (χ4v) is 8.73. The lowest BCUT2D eigenvalue weighted by Crippen LogP contribution is -2.05. The van der Waals surface area contributed by atoms with Crippen molar-refractivity contribution < 1.29 is 39.6 Å². The lowest BCUT2D eigenvalue weighted by atomic mass is 9.78. The van der Waals surface area contributed by atoms with Crippen molar-refractivity contribution in [2.24, 2.45) is 0 Å². The van der Waals surface area contributed by atoms with Crippen LogP contribution in [0.2, 0.25) is 40.2 Å². The van der Waals surface area contributed by atoms with Gasteiger partial charge < -0.3 is 20.4 Å². The molecular formula is C36H18Cl8O8. The smallest absolute Gasteiger partial charge is 0.338 e. The molecule has 4 N–H and O–H groups in total. The number of aromatic carboxylic acids is 4. The van der Waals surface area contributed by atoms with Crippen LogP contribution in [-0.4, -0.2) is 44.3 Å². The van der Waals surface area contributed by atoms with E-state index in [0.29, 0.717) is 55.6 Å². The molecular weight excluding hydrogens is 844 g/mol. The molecule has 52 heavy (non-hydrogen) atoms. The third-order valence-corrected chi connectivity index (χ3v) is 10.6. The van der Waals surface area contributed by atoms with E-state index in [0.717, 1.165) is 0 Å². The Morgan fingerprint density at radius 2 is 0.481 bits per heavy atom. The number of hydrogen-bond donors (Lipinski definition) is 4. The van der Waals surface area contributed by atoms with Crippen LogP contribution >= 0.6 is 92.8 Å². The van der Waals surface area contributed by atoms with Gasteiger partial charge in [-0.2, -0.15) is 0 Å². The molecule has 0 spiro atoms. The second-order valence-corrected chi connectivity index (χ2v) is 14.5. The Balaban J connectivity index is 2.08. The van der Waals surface area contributed by atoms with Gasteiger partial charge in [0.1, 0.15) is 0 Å². The zero-order valence-corrected chi connectivity index (χ0v) is 32.1. The SMILES string of the molecule is Cc1c(-c2cc(Cl)c(C(=O)O)c(Cl)c2)c(-c2cc(Cl)c(C(=O)O)c(Cl)c2)c(C)c(-c2cc(Cl)c(C(=O)O)c(Cl)c2)c1-c1cc(Cl)c(C(=O)O)c(Cl)c1. The van der Waals surface area contributed by atoms with E-state index in [9.17, 15) is 39.6 Å². The molecule has 266 valence electrons. The molecule has 16 heteroatoms. The molecule has 0 amide bonds. The second-order valence-electron chi connectivity index (χ2n) is 11.2. The summed E-state index contributed by atoms with van der Waals surface area (Å²) < 4.78 is 0. The minimum absolute atomic E-state index is 0.208. The fraction of sp³-hybridized carbons (Fsp3) is 0.0556. The number of carboxylic acids is 4. The van der Waals surface area contributed by atoms with Crippen LogP contribution in [0, 0.1) is 13.8 Å². The predicted octanol–water partition coefficient (Wildman–Crippen LogP) is 13.0. The summed E-state index contributed by atoms with van der Waals surface area (Å²) in [5.74, 6) is -5.52. The van der Waals surface area contributed by atoms with Gasteiger partial charge in [-0.3, -0.25) is 0 Å². The summed E-state index contributed by atoms with van der Waals surface area (Å²) in [6.45, 7) is 3.36. The van der Waals surface area contributed by atoms with Gasteiger partial charge in [-0.25, -0.2) is 19.2 Å². The van der Waals surface area contributed by atoms with Crippen LogP contribution in [0.5, 0.6) is 0 Å². The molecule has 0 bridgehead atoms. The van der Waals surface area contributed by atoms with Crippen LogP contribution in [0.15, 0.2) is 48.5 Å². The van der Waals surface area contributed by atoms with E-state index in [1.807, 2.05) is 0 Å². The molecule has 0 aliphatic carbocycles. The minimum Gasteiger partial charge on any atom is -0.478 e. The van der Waals surface area contributed by atoms with E-state index < -0.39 is 23.9 Å². The summed E-state index contributed by atoms with van der Waals surface area (Å²) >= 11 is 51.9. The molecule has 0 aliphatic rings. The van der Waals surface area contributed by atoms with Gasteiger partial charge >= 0.3 is 23.9 Å². The van der Waals surface area contributed by atoms with Crippen LogP contribution < -0.4 is 0 Å². The van der Waals surface area contributed by atoms with Crippen molar-refractivity contribution >= 4 is 117 Å².